The predicted molar refractivity (Wildman–Crippen MR) is 111 cm³/mol. The van der Waals surface area contributed by atoms with Crippen LogP contribution in [0.4, 0.5) is 0 Å². The van der Waals surface area contributed by atoms with Crippen molar-refractivity contribution in [3.05, 3.63) is 0 Å². The first-order valence-electron chi connectivity index (χ1n) is 8.44. The van der Waals surface area contributed by atoms with Crippen LogP contribution in [0.5, 0.6) is 0 Å². The van der Waals surface area contributed by atoms with E-state index in [0.717, 1.165) is 35.6 Å². The molecule has 0 aliphatic carbocycles. The third-order valence-corrected chi connectivity index (χ3v) is 11.0. The highest BCUT2D eigenvalue weighted by Crippen LogP contribution is 2.67. The zero-order valence-corrected chi connectivity index (χ0v) is 19.9. The average molecular weight is 419 g/mol. The van der Waals surface area contributed by atoms with E-state index < -0.39 is 18.5 Å². The molecule has 0 heterocycles. The Hall–Kier alpha value is 1.08. The summed E-state index contributed by atoms with van der Waals surface area (Å²) in [6, 6.07) is 0. The van der Waals surface area contributed by atoms with Crippen molar-refractivity contribution >= 4 is 37.2 Å². The second-order valence-electron chi connectivity index (χ2n) is 9.04. The van der Waals surface area contributed by atoms with E-state index >= 15 is 0 Å². The molecule has 0 bridgehead atoms. The molecule has 0 aliphatic heterocycles. The maximum absolute atomic E-state index is 11.8. The van der Waals surface area contributed by atoms with Crippen LogP contribution >= 0.6 is 37.2 Å². The number of rotatable bonds is 10. The lowest BCUT2D eigenvalue weighted by molar-refractivity contribution is 0.214. The molecule has 0 aliphatic rings. The van der Waals surface area contributed by atoms with Crippen LogP contribution in [0.2, 0.25) is 0 Å². The van der Waals surface area contributed by atoms with Crippen LogP contribution in [-0.4, -0.2) is 13.9 Å². The molecule has 0 aromatic heterocycles. The van der Waals surface area contributed by atoms with Gasteiger partial charge in [-0.3, -0.25) is 9.13 Å². The van der Waals surface area contributed by atoms with E-state index in [1.807, 2.05) is 0 Å². The van der Waals surface area contributed by atoms with Gasteiger partial charge < -0.3 is 9.79 Å². The summed E-state index contributed by atoms with van der Waals surface area (Å²) in [5.74, 6) is 0.694. The summed E-state index contributed by atoms with van der Waals surface area (Å²) in [5, 5.41) is 0. The molecular formula is C16H36O4P2S2. The first kappa shape index (κ1) is 25.1. The topological polar surface area (TPSA) is 74.6 Å². The fourth-order valence-electron chi connectivity index (χ4n) is 3.69. The van der Waals surface area contributed by atoms with E-state index in [-0.39, 0.29) is 10.8 Å². The summed E-state index contributed by atoms with van der Waals surface area (Å²) < 4.78 is 22.8. The molecule has 0 radical (unpaired) electrons. The highest BCUT2D eigenvalue weighted by molar-refractivity contribution is 8.62. The third-order valence-electron chi connectivity index (χ3n) is 4.03. The van der Waals surface area contributed by atoms with E-state index in [2.05, 4.69) is 55.4 Å². The van der Waals surface area contributed by atoms with Crippen LogP contribution in [0.3, 0.4) is 0 Å². The predicted octanol–water partition coefficient (Wildman–Crippen LogP) is 6.45. The molecule has 2 N–H and O–H groups in total. The number of hydrogen-bond donors (Lipinski definition) is 2. The minimum atomic E-state index is -2.83. The van der Waals surface area contributed by atoms with Crippen LogP contribution < -0.4 is 0 Å². The van der Waals surface area contributed by atoms with Crippen LogP contribution in [-0.2, 0) is 9.13 Å². The molecule has 24 heavy (non-hydrogen) atoms. The maximum Gasteiger partial charge on any atom is 0.245 e. The Morgan fingerprint density at radius 3 is 1.54 bits per heavy atom. The van der Waals surface area contributed by atoms with Crippen LogP contribution in [0.1, 0.15) is 74.7 Å². The molecule has 146 valence electrons. The Kier molecular flexibility index (Phi) is 10.3. The lowest BCUT2D eigenvalue weighted by atomic mass is 9.75. The summed E-state index contributed by atoms with van der Waals surface area (Å²) in [4.78, 5) is 19.3. The molecule has 3 atom stereocenters. The van der Waals surface area contributed by atoms with Gasteiger partial charge in [0.2, 0.25) is 14.5 Å². The van der Waals surface area contributed by atoms with Crippen molar-refractivity contribution in [2.45, 2.75) is 78.7 Å². The summed E-state index contributed by atoms with van der Waals surface area (Å²) in [6.45, 7) is 17.0. The van der Waals surface area contributed by atoms with Crippen LogP contribution in [0.15, 0.2) is 0 Å². The average Bonchev–Trinajstić information content (AvgIpc) is 2.20. The van der Waals surface area contributed by atoms with E-state index in [4.69, 9.17) is 0 Å². The Labute approximate surface area is 157 Å². The summed E-state index contributed by atoms with van der Waals surface area (Å²) in [5.41, 5.74) is -0.188. The van der Waals surface area contributed by atoms with Gasteiger partial charge in [-0.1, -0.05) is 78.2 Å². The zero-order valence-electron chi connectivity index (χ0n) is 16.3. The first-order chi connectivity index (χ1) is 10.6. The lowest BCUT2D eigenvalue weighted by Gasteiger charge is -2.47. The van der Waals surface area contributed by atoms with Crippen molar-refractivity contribution in [1.29, 1.82) is 0 Å². The lowest BCUT2D eigenvalue weighted by Crippen LogP contribution is -2.40. The smallest absolute Gasteiger partial charge is 0.245 e. The molecule has 0 saturated heterocycles. The fraction of sp³-hybridized carbons (Fsp3) is 1.00. The van der Waals surface area contributed by atoms with Gasteiger partial charge in [-0.2, -0.15) is 0 Å². The van der Waals surface area contributed by atoms with E-state index in [0.29, 0.717) is 18.3 Å². The van der Waals surface area contributed by atoms with Crippen LogP contribution in [0.25, 0.3) is 0 Å². The molecule has 3 unspecified atom stereocenters. The Morgan fingerprint density at radius 2 is 1.25 bits per heavy atom. The van der Waals surface area contributed by atoms with Gasteiger partial charge in [0.1, 0.15) is 0 Å². The van der Waals surface area contributed by atoms with Gasteiger partial charge in [0.05, 0.1) is 4.08 Å². The van der Waals surface area contributed by atoms with Crippen molar-refractivity contribution < 1.29 is 18.9 Å². The molecule has 8 heteroatoms. The van der Waals surface area contributed by atoms with Crippen molar-refractivity contribution in [3.8, 4) is 0 Å². The van der Waals surface area contributed by atoms with Crippen molar-refractivity contribution in [2.24, 2.45) is 22.7 Å². The normalized spacial score (nSPS) is 19.8. The SMILES string of the molecule is CC(C)CC(C)(C)C(CC(C)CC(C)(C)C)(S[PH](=O)O)S[PH](=O)O. The molecule has 0 fully saturated rings. The highest BCUT2D eigenvalue weighted by atomic mass is 32.8. The fourth-order valence-corrected chi connectivity index (χ4v) is 12.5. The van der Waals surface area contributed by atoms with Crippen molar-refractivity contribution in [1.82, 2.24) is 0 Å². The zero-order chi connectivity index (χ0) is 19.3. The quantitative estimate of drug-likeness (QED) is 0.314. The van der Waals surface area contributed by atoms with E-state index in [1.54, 1.807) is 0 Å². The van der Waals surface area contributed by atoms with Crippen molar-refractivity contribution in [2.75, 3.05) is 0 Å². The van der Waals surface area contributed by atoms with Gasteiger partial charge >= 0.3 is 0 Å². The van der Waals surface area contributed by atoms with Gasteiger partial charge in [0, 0.05) is 0 Å². The largest absolute Gasteiger partial charge is 0.339 e. The van der Waals surface area contributed by atoms with Gasteiger partial charge in [0.15, 0.2) is 0 Å². The summed E-state index contributed by atoms with van der Waals surface area (Å²) in [6.07, 6.45) is 2.44. The third kappa shape index (κ3) is 9.14. The highest BCUT2D eigenvalue weighted by Gasteiger charge is 2.49. The summed E-state index contributed by atoms with van der Waals surface area (Å²) in [7, 11) is -5.66. The maximum atomic E-state index is 11.8. The summed E-state index contributed by atoms with van der Waals surface area (Å²) >= 11 is 2.02. The second kappa shape index (κ2) is 9.85. The second-order valence-corrected chi connectivity index (χ2v) is 15.5. The molecule has 0 aromatic carbocycles. The standard InChI is InChI=1S/C16H36O4P2S2/c1-12(2)9-15(7,8)16(23-21(17)18,24-22(19)20)11-13(3)10-14(4,5)6/h12-13,21-22H,9-11H2,1-8H3,(H,17,18)(H,19,20). The van der Waals surface area contributed by atoms with Crippen molar-refractivity contribution in [3.63, 3.8) is 0 Å². The molecule has 4 nitrogen and oxygen atoms in total. The molecule has 0 saturated carbocycles. The molecular weight excluding hydrogens is 382 g/mol. The monoisotopic (exact) mass is 418 g/mol. The molecule has 0 spiro atoms. The minimum absolute atomic E-state index is 0.150. The number of hydrogen-bond acceptors (Lipinski definition) is 4. The Bertz CT molecular complexity index is 432. The van der Waals surface area contributed by atoms with E-state index in [9.17, 15) is 18.9 Å². The molecule has 0 rings (SSSR count). The first-order valence-corrected chi connectivity index (χ1v) is 14.2. The minimum Gasteiger partial charge on any atom is -0.339 e. The molecule has 0 amide bonds. The Morgan fingerprint density at radius 1 is 0.833 bits per heavy atom. The van der Waals surface area contributed by atoms with E-state index in [1.165, 1.54) is 0 Å². The molecule has 0 aromatic rings. The van der Waals surface area contributed by atoms with Gasteiger partial charge in [-0.15, -0.1) is 0 Å². The van der Waals surface area contributed by atoms with Gasteiger partial charge in [0.25, 0.3) is 0 Å². The van der Waals surface area contributed by atoms with Gasteiger partial charge in [-0.05, 0) is 41.9 Å². The van der Waals surface area contributed by atoms with Gasteiger partial charge in [-0.25, -0.2) is 0 Å². The Balaban J connectivity index is 5.81. The van der Waals surface area contributed by atoms with Crippen LogP contribution in [0, 0.1) is 22.7 Å².